The normalized spacial score (nSPS) is 25.1. The maximum absolute atomic E-state index is 3.63. The van der Waals surface area contributed by atoms with Gasteiger partial charge in [-0.2, -0.15) is 0 Å². The summed E-state index contributed by atoms with van der Waals surface area (Å²) in [4.78, 5) is 2.90. The Morgan fingerprint density at radius 2 is 1.88 bits per heavy atom. The van der Waals surface area contributed by atoms with Crippen LogP contribution in [0, 0.1) is 18.8 Å². The van der Waals surface area contributed by atoms with Gasteiger partial charge in [0.25, 0.3) is 0 Å². The first-order valence-electron chi connectivity index (χ1n) is 7.04. The van der Waals surface area contributed by atoms with Crippen molar-refractivity contribution in [2.45, 2.75) is 52.5 Å². The number of hydrogen-bond acceptors (Lipinski definition) is 2. The lowest BCUT2D eigenvalue weighted by Crippen LogP contribution is -2.25. The highest BCUT2D eigenvalue weighted by atomic mass is 32.1. The number of nitrogens with one attached hydrogen (secondary N) is 1. The van der Waals surface area contributed by atoms with Gasteiger partial charge in [0.1, 0.15) is 0 Å². The Balaban J connectivity index is 1.63. The maximum atomic E-state index is 3.63. The van der Waals surface area contributed by atoms with Crippen LogP contribution < -0.4 is 5.32 Å². The molecular formula is C15H25NS. The van der Waals surface area contributed by atoms with E-state index in [4.69, 9.17) is 0 Å². The van der Waals surface area contributed by atoms with Crippen molar-refractivity contribution < 1.29 is 0 Å². The van der Waals surface area contributed by atoms with Crippen molar-refractivity contribution in [3.63, 3.8) is 0 Å². The van der Waals surface area contributed by atoms with Gasteiger partial charge in [0.2, 0.25) is 0 Å². The Morgan fingerprint density at radius 3 is 2.47 bits per heavy atom. The number of thiophene rings is 1. The molecule has 1 fully saturated rings. The fourth-order valence-corrected chi connectivity index (χ4v) is 3.68. The molecule has 0 unspecified atom stereocenters. The van der Waals surface area contributed by atoms with Crippen LogP contribution in [0.3, 0.4) is 0 Å². The zero-order valence-electron chi connectivity index (χ0n) is 11.2. The molecule has 1 N–H and O–H groups in total. The van der Waals surface area contributed by atoms with Crippen molar-refractivity contribution in [1.82, 2.24) is 5.32 Å². The van der Waals surface area contributed by atoms with E-state index in [1.807, 2.05) is 11.3 Å². The summed E-state index contributed by atoms with van der Waals surface area (Å²) in [5, 5.41) is 3.63. The molecule has 0 radical (unpaired) electrons. The second-order valence-corrected chi connectivity index (χ2v) is 6.81. The molecule has 1 aromatic rings. The van der Waals surface area contributed by atoms with Crippen molar-refractivity contribution >= 4 is 11.3 Å². The van der Waals surface area contributed by atoms with Gasteiger partial charge in [-0.05, 0) is 50.3 Å². The molecular weight excluding hydrogens is 226 g/mol. The molecule has 0 amide bonds. The van der Waals surface area contributed by atoms with E-state index in [2.05, 4.69) is 31.3 Å². The van der Waals surface area contributed by atoms with Crippen molar-refractivity contribution in [3.05, 3.63) is 21.9 Å². The van der Waals surface area contributed by atoms with Gasteiger partial charge in [0.15, 0.2) is 0 Å². The molecule has 1 aliphatic carbocycles. The number of aryl methyl sites for hydroxylation is 1. The lowest BCUT2D eigenvalue weighted by atomic mass is 9.81. The standard InChI is InChI=1S/C15H25NS/c1-3-13-5-7-14(8-6-13)10-16-11-15-9-4-12(2)17-15/h4,9,13-14,16H,3,5-8,10-11H2,1-2H3. The largest absolute Gasteiger partial charge is 0.312 e. The summed E-state index contributed by atoms with van der Waals surface area (Å²) in [5.41, 5.74) is 0. The van der Waals surface area contributed by atoms with Crippen LogP contribution in [0.4, 0.5) is 0 Å². The number of rotatable bonds is 5. The van der Waals surface area contributed by atoms with Gasteiger partial charge in [0.05, 0.1) is 0 Å². The molecule has 1 aliphatic rings. The van der Waals surface area contributed by atoms with Crippen LogP contribution in [0.25, 0.3) is 0 Å². The Morgan fingerprint density at radius 1 is 1.18 bits per heavy atom. The van der Waals surface area contributed by atoms with E-state index in [9.17, 15) is 0 Å². The second-order valence-electron chi connectivity index (χ2n) is 5.44. The van der Waals surface area contributed by atoms with E-state index in [1.165, 1.54) is 48.4 Å². The van der Waals surface area contributed by atoms with Crippen molar-refractivity contribution in [1.29, 1.82) is 0 Å². The summed E-state index contributed by atoms with van der Waals surface area (Å²) in [6.45, 7) is 6.79. The Labute approximate surface area is 110 Å². The molecule has 0 bridgehead atoms. The van der Waals surface area contributed by atoms with Gasteiger partial charge in [-0.1, -0.05) is 26.2 Å². The third kappa shape index (κ3) is 4.11. The first-order valence-corrected chi connectivity index (χ1v) is 7.85. The molecule has 0 atom stereocenters. The maximum Gasteiger partial charge on any atom is 0.0299 e. The predicted molar refractivity (Wildman–Crippen MR) is 76.5 cm³/mol. The summed E-state index contributed by atoms with van der Waals surface area (Å²) in [7, 11) is 0. The summed E-state index contributed by atoms with van der Waals surface area (Å²) < 4.78 is 0. The van der Waals surface area contributed by atoms with E-state index in [1.54, 1.807) is 0 Å². The summed E-state index contributed by atoms with van der Waals surface area (Å²) in [6, 6.07) is 4.47. The fourth-order valence-electron chi connectivity index (χ4n) is 2.82. The molecule has 2 rings (SSSR count). The molecule has 1 nitrogen and oxygen atoms in total. The topological polar surface area (TPSA) is 12.0 Å². The SMILES string of the molecule is CCC1CCC(CNCc2ccc(C)s2)CC1. The molecule has 0 aromatic carbocycles. The first-order chi connectivity index (χ1) is 8.28. The van der Waals surface area contributed by atoms with E-state index in [0.717, 1.165) is 18.4 Å². The monoisotopic (exact) mass is 251 g/mol. The quantitative estimate of drug-likeness (QED) is 0.819. The summed E-state index contributed by atoms with van der Waals surface area (Å²) in [5.74, 6) is 1.95. The van der Waals surface area contributed by atoms with Crippen LogP contribution >= 0.6 is 11.3 Å². The van der Waals surface area contributed by atoms with Gasteiger partial charge >= 0.3 is 0 Å². The van der Waals surface area contributed by atoms with E-state index >= 15 is 0 Å². The molecule has 1 heterocycles. The van der Waals surface area contributed by atoms with E-state index in [0.29, 0.717) is 0 Å². The third-order valence-corrected chi connectivity index (χ3v) is 5.07. The molecule has 96 valence electrons. The van der Waals surface area contributed by atoms with Gasteiger partial charge in [-0.15, -0.1) is 11.3 Å². The van der Waals surface area contributed by atoms with Gasteiger partial charge < -0.3 is 5.32 Å². The van der Waals surface area contributed by atoms with Gasteiger partial charge in [0, 0.05) is 16.3 Å². The first kappa shape index (κ1) is 13.1. The minimum atomic E-state index is 0.929. The van der Waals surface area contributed by atoms with Crippen LogP contribution in [0.1, 0.15) is 48.8 Å². The Kier molecular flexibility index (Phi) is 5.05. The van der Waals surface area contributed by atoms with Gasteiger partial charge in [-0.25, -0.2) is 0 Å². The Bertz CT molecular complexity index is 323. The van der Waals surface area contributed by atoms with Gasteiger partial charge in [-0.3, -0.25) is 0 Å². The molecule has 1 saturated carbocycles. The van der Waals surface area contributed by atoms with Crippen molar-refractivity contribution in [2.24, 2.45) is 11.8 Å². The average Bonchev–Trinajstić information content (AvgIpc) is 2.76. The highest BCUT2D eigenvalue weighted by Crippen LogP contribution is 2.30. The zero-order valence-corrected chi connectivity index (χ0v) is 12.0. The zero-order chi connectivity index (χ0) is 12.1. The minimum absolute atomic E-state index is 0.929. The predicted octanol–water partition coefficient (Wildman–Crippen LogP) is 4.36. The highest BCUT2D eigenvalue weighted by molar-refractivity contribution is 7.11. The molecule has 17 heavy (non-hydrogen) atoms. The lowest BCUT2D eigenvalue weighted by Gasteiger charge is -2.27. The second kappa shape index (κ2) is 6.55. The van der Waals surface area contributed by atoms with Crippen LogP contribution in [-0.2, 0) is 6.54 Å². The molecule has 0 spiro atoms. The Hall–Kier alpha value is -0.340. The highest BCUT2D eigenvalue weighted by Gasteiger charge is 2.19. The molecule has 2 heteroatoms. The summed E-state index contributed by atoms with van der Waals surface area (Å²) >= 11 is 1.92. The van der Waals surface area contributed by atoms with Crippen molar-refractivity contribution in [3.8, 4) is 0 Å². The fraction of sp³-hybridized carbons (Fsp3) is 0.733. The molecule has 0 aliphatic heterocycles. The summed E-state index contributed by atoms with van der Waals surface area (Å²) in [6.07, 6.45) is 7.18. The van der Waals surface area contributed by atoms with Crippen molar-refractivity contribution in [2.75, 3.05) is 6.54 Å². The van der Waals surface area contributed by atoms with E-state index in [-0.39, 0.29) is 0 Å². The average molecular weight is 251 g/mol. The van der Waals surface area contributed by atoms with Crippen LogP contribution in [0.2, 0.25) is 0 Å². The van der Waals surface area contributed by atoms with E-state index < -0.39 is 0 Å². The van der Waals surface area contributed by atoms with Crippen LogP contribution in [0.5, 0.6) is 0 Å². The minimum Gasteiger partial charge on any atom is -0.312 e. The molecule has 0 saturated heterocycles. The smallest absolute Gasteiger partial charge is 0.0299 e. The van der Waals surface area contributed by atoms with Crippen LogP contribution in [0.15, 0.2) is 12.1 Å². The van der Waals surface area contributed by atoms with Crippen LogP contribution in [-0.4, -0.2) is 6.54 Å². The number of hydrogen-bond donors (Lipinski definition) is 1. The lowest BCUT2D eigenvalue weighted by molar-refractivity contribution is 0.262. The third-order valence-electron chi connectivity index (χ3n) is 4.07. The molecule has 1 aromatic heterocycles.